The van der Waals surface area contributed by atoms with Crippen molar-refractivity contribution in [3.05, 3.63) is 53.0 Å². The number of nitrogens with zero attached hydrogens (tertiary/aromatic N) is 1. The zero-order chi connectivity index (χ0) is 17.6. The molecule has 2 heterocycles. The van der Waals surface area contributed by atoms with Gasteiger partial charge < -0.3 is 14.5 Å². The van der Waals surface area contributed by atoms with Gasteiger partial charge in [0.2, 0.25) is 0 Å². The van der Waals surface area contributed by atoms with Crippen LogP contribution in [0, 0.1) is 0 Å². The quantitative estimate of drug-likeness (QED) is 0.838. The lowest BCUT2D eigenvalue weighted by Crippen LogP contribution is -2.22. The first kappa shape index (κ1) is 17.5. The fourth-order valence-corrected chi connectivity index (χ4v) is 3.30. The molecule has 0 radical (unpaired) electrons. The van der Waals surface area contributed by atoms with Crippen LogP contribution in [0.15, 0.2) is 34.7 Å². The maximum absolute atomic E-state index is 12.5. The number of amides is 1. The molecule has 1 saturated heterocycles. The van der Waals surface area contributed by atoms with Crippen molar-refractivity contribution in [2.75, 3.05) is 20.2 Å². The predicted octanol–water partition coefficient (Wildman–Crippen LogP) is 3.38. The third-order valence-corrected chi connectivity index (χ3v) is 4.67. The first-order valence-corrected chi connectivity index (χ1v) is 8.95. The Balaban J connectivity index is 1.66. The highest BCUT2D eigenvalue weighted by Gasteiger charge is 2.19. The Labute approximate surface area is 149 Å². The van der Waals surface area contributed by atoms with E-state index in [-0.39, 0.29) is 5.91 Å². The van der Waals surface area contributed by atoms with E-state index in [1.807, 2.05) is 30.3 Å². The number of rotatable bonds is 7. The van der Waals surface area contributed by atoms with Gasteiger partial charge in [-0.15, -0.1) is 0 Å². The van der Waals surface area contributed by atoms with Gasteiger partial charge in [-0.2, -0.15) is 0 Å². The van der Waals surface area contributed by atoms with E-state index in [4.69, 9.17) is 9.15 Å². The van der Waals surface area contributed by atoms with Crippen molar-refractivity contribution in [2.45, 2.75) is 39.3 Å². The molecule has 1 fully saturated rings. The summed E-state index contributed by atoms with van der Waals surface area (Å²) in [7, 11) is 1.63. The number of nitrogens with one attached hydrogen (secondary N) is 1. The number of para-hydroxylation sites is 1. The number of furan rings is 1. The number of aryl methyl sites for hydroxylation is 1. The normalized spacial score (nSPS) is 14.6. The Bertz CT molecular complexity index is 717. The Morgan fingerprint density at radius 3 is 2.72 bits per heavy atom. The van der Waals surface area contributed by atoms with Gasteiger partial charge in [-0.05, 0) is 38.1 Å². The van der Waals surface area contributed by atoms with E-state index in [2.05, 4.69) is 17.1 Å². The Morgan fingerprint density at radius 2 is 2.00 bits per heavy atom. The van der Waals surface area contributed by atoms with Crippen LogP contribution in [-0.4, -0.2) is 31.0 Å². The first-order valence-electron chi connectivity index (χ1n) is 8.95. The molecule has 1 N–H and O–H groups in total. The van der Waals surface area contributed by atoms with Gasteiger partial charge in [-0.1, -0.05) is 25.1 Å². The summed E-state index contributed by atoms with van der Waals surface area (Å²) in [4.78, 5) is 14.9. The summed E-state index contributed by atoms with van der Waals surface area (Å²) in [6, 6.07) is 9.57. The lowest BCUT2D eigenvalue weighted by molar-refractivity contribution is 0.0921. The summed E-state index contributed by atoms with van der Waals surface area (Å²) in [5, 5.41) is 2.92. The molecule has 3 rings (SSSR count). The molecule has 5 heteroatoms. The lowest BCUT2D eigenvalue weighted by atomic mass is 10.2. The summed E-state index contributed by atoms with van der Waals surface area (Å²) in [5.41, 5.74) is 2.07. The van der Waals surface area contributed by atoms with Gasteiger partial charge in [0.05, 0.1) is 7.11 Å². The minimum absolute atomic E-state index is 0.187. The zero-order valence-electron chi connectivity index (χ0n) is 15.0. The molecular formula is C20H26N2O3. The molecule has 25 heavy (non-hydrogen) atoms. The summed E-state index contributed by atoms with van der Waals surface area (Å²) in [6.07, 6.45) is 3.31. The zero-order valence-corrected chi connectivity index (χ0v) is 15.0. The minimum Gasteiger partial charge on any atom is -0.496 e. The average Bonchev–Trinajstić information content (AvgIpc) is 3.30. The Hall–Kier alpha value is -2.27. The first-order chi connectivity index (χ1) is 12.2. The lowest BCUT2D eigenvalue weighted by Gasteiger charge is -2.13. The molecule has 1 aromatic heterocycles. The van der Waals surface area contributed by atoms with Crippen LogP contribution in [0.3, 0.4) is 0 Å². The van der Waals surface area contributed by atoms with E-state index < -0.39 is 0 Å². The van der Waals surface area contributed by atoms with Gasteiger partial charge in [0.1, 0.15) is 11.5 Å². The van der Waals surface area contributed by atoms with Crippen LogP contribution in [-0.2, 0) is 19.5 Å². The smallest absolute Gasteiger partial charge is 0.287 e. The second kappa shape index (κ2) is 8.21. The van der Waals surface area contributed by atoms with Crippen molar-refractivity contribution in [1.82, 2.24) is 10.2 Å². The molecule has 0 atom stereocenters. The third-order valence-electron chi connectivity index (χ3n) is 4.67. The number of ether oxygens (including phenoxy) is 1. The molecular weight excluding hydrogens is 316 g/mol. The van der Waals surface area contributed by atoms with Gasteiger partial charge >= 0.3 is 0 Å². The Morgan fingerprint density at radius 1 is 1.24 bits per heavy atom. The molecule has 1 aliphatic heterocycles. The van der Waals surface area contributed by atoms with Crippen LogP contribution in [0.1, 0.15) is 47.2 Å². The van der Waals surface area contributed by atoms with E-state index >= 15 is 0 Å². The van der Waals surface area contributed by atoms with E-state index in [1.54, 1.807) is 7.11 Å². The average molecular weight is 342 g/mol. The number of hydrogen-bond donors (Lipinski definition) is 1. The summed E-state index contributed by atoms with van der Waals surface area (Å²) in [6.45, 7) is 5.59. The number of hydrogen-bond acceptors (Lipinski definition) is 4. The maximum atomic E-state index is 12.5. The molecule has 1 aromatic carbocycles. The third kappa shape index (κ3) is 4.23. The molecule has 0 aliphatic carbocycles. The van der Waals surface area contributed by atoms with Crippen LogP contribution in [0.25, 0.3) is 0 Å². The SMILES string of the molecule is CCc1oc(C(=O)NCc2ccccc2OC)cc1CN1CCCC1. The van der Waals surface area contributed by atoms with Crippen molar-refractivity contribution in [3.63, 3.8) is 0 Å². The second-order valence-corrected chi connectivity index (χ2v) is 6.39. The van der Waals surface area contributed by atoms with Gasteiger partial charge in [0, 0.05) is 30.6 Å². The van der Waals surface area contributed by atoms with E-state index in [0.29, 0.717) is 12.3 Å². The van der Waals surface area contributed by atoms with E-state index in [9.17, 15) is 4.79 Å². The topological polar surface area (TPSA) is 54.7 Å². The highest BCUT2D eigenvalue weighted by molar-refractivity contribution is 5.91. The summed E-state index contributed by atoms with van der Waals surface area (Å²) < 4.78 is 11.1. The van der Waals surface area contributed by atoms with Crippen LogP contribution in [0.4, 0.5) is 0 Å². The number of methoxy groups -OCH3 is 1. The fourth-order valence-electron chi connectivity index (χ4n) is 3.30. The van der Waals surface area contributed by atoms with E-state index in [0.717, 1.165) is 48.7 Å². The van der Waals surface area contributed by atoms with Crippen molar-refractivity contribution in [3.8, 4) is 5.75 Å². The second-order valence-electron chi connectivity index (χ2n) is 6.39. The standard InChI is InChI=1S/C20H26N2O3/c1-3-17-16(14-22-10-6-7-11-22)12-19(25-17)20(23)21-13-15-8-4-5-9-18(15)24-2/h4-5,8-9,12H,3,6-7,10-11,13-14H2,1-2H3,(H,21,23). The summed E-state index contributed by atoms with van der Waals surface area (Å²) in [5.74, 6) is 1.88. The Kier molecular flexibility index (Phi) is 5.76. The molecule has 1 amide bonds. The molecule has 5 nitrogen and oxygen atoms in total. The van der Waals surface area contributed by atoms with Gasteiger partial charge in [-0.3, -0.25) is 9.69 Å². The minimum atomic E-state index is -0.187. The molecule has 2 aromatic rings. The van der Waals surface area contributed by atoms with Crippen LogP contribution >= 0.6 is 0 Å². The fraction of sp³-hybridized carbons (Fsp3) is 0.450. The number of likely N-dealkylation sites (tertiary alicyclic amines) is 1. The molecule has 0 unspecified atom stereocenters. The van der Waals surface area contributed by atoms with E-state index in [1.165, 1.54) is 12.8 Å². The largest absolute Gasteiger partial charge is 0.496 e. The van der Waals surface area contributed by atoms with Crippen molar-refractivity contribution >= 4 is 5.91 Å². The van der Waals surface area contributed by atoms with Crippen molar-refractivity contribution in [1.29, 1.82) is 0 Å². The molecule has 0 saturated carbocycles. The monoisotopic (exact) mass is 342 g/mol. The van der Waals surface area contributed by atoms with Crippen molar-refractivity contribution < 1.29 is 13.9 Å². The molecule has 0 bridgehead atoms. The van der Waals surface area contributed by atoms with Gasteiger partial charge in [0.25, 0.3) is 5.91 Å². The molecule has 0 spiro atoms. The molecule has 134 valence electrons. The number of carbonyl (C=O) groups excluding carboxylic acids is 1. The maximum Gasteiger partial charge on any atom is 0.287 e. The number of carbonyl (C=O) groups is 1. The van der Waals surface area contributed by atoms with Crippen LogP contribution in [0.5, 0.6) is 5.75 Å². The predicted molar refractivity (Wildman–Crippen MR) is 96.8 cm³/mol. The highest BCUT2D eigenvalue weighted by Crippen LogP contribution is 2.21. The molecule has 1 aliphatic rings. The van der Waals surface area contributed by atoms with Crippen LogP contribution < -0.4 is 10.1 Å². The highest BCUT2D eigenvalue weighted by atomic mass is 16.5. The number of benzene rings is 1. The summed E-state index contributed by atoms with van der Waals surface area (Å²) >= 11 is 0. The van der Waals surface area contributed by atoms with Gasteiger partial charge in [-0.25, -0.2) is 0 Å². The van der Waals surface area contributed by atoms with Crippen molar-refractivity contribution in [2.24, 2.45) is 0 Å². The van der Waals surface area contributed by atoms with Crippen LogP contribution in [0.2, 0.25) is 0 Å². The van der Waals surface area contributed by atoms with Gasteiger partial charge in [0.15, 0.2) is 5.76 Å².